The predicted octanol–water partition coefficient (Wildman–Crippen LogP) is 1.46. The number of carbonyl (C=O) groups is 1. The summed E-state index contributed by atoms with van der Waals surface area (Å²) in [6.07, 6.45) is 2.53. The normalized spacial score (nSPS) is 10.0. The van der Waals surface area contributed by atoms with Crippen molar-refractivity contribution in [3.05, 3.63) is 42.1 Å². The Morgan fingerprint density at radius 1 is 1.37 bits per heavy atom. The molecule has 0 fully saturated rings. The van der Waals surface area contributed by atoms with Crippen LogP contribution in [-0.4, -0.2) is 23.0 Å². The number of ether oxygens (including phenoxy) is 1. The zero-order valence-electron chi connectivity index (χ0n) is 10.1. The summed E-state index contributed by atoms with van der Waals surface area (Å²) in [6, 6.07) is 3.99. The number of nitrogens with zero attached hydrogens (tertiary/aromatic N) is 2. The molecule has 0 aliphatic rings. The third-order valence-corrected chi connectivity index (χ3v) is 2.31. The molecule has 1 amide bonds. The Morgan fingerprint density at radius 2 is 2.16 bits per heavy atom. The molecule has 1 heterocycles. The lowest BCUT2D eigenvalue weighted by molar-refractivity contribution is 0.102. The summed E-state index contributed by atoms with van der Waals surface area (Å²) in [4.78, 5) is 19.4. The highest BCUT2D eigenvalue weighted by Crippen LogP contribution is 2.21. The van der Waals surface area contributed by atoms with Crippen molar-refractivity contribution in [2.24, 2.45) is 0 Å². The van der Waals surface area contributed by atoms with Gasteiger partial charge in [-0.3, -0.25) is 4.79 Å². The minimum Gasteiger partial charge on any atom is -0.494 e. The summed E-state index contributed by atoms with van der Waals surface area (Å²) in [5.41, 5.74) is 5.87. The maximum Gasteiger partial charge on any atom is 0.275 e. The Balaban J connectivity index is 2.17. The number of methoxy groups -OCH3 is 1. The fourth-order valence-corrected chi connectivity index (χ4v) is 1.39. The zero-order chi connectivity index (χ0) is 13.8. The first-order valence-electron chi connectivity index (χ1n) is 5.32. The topological polar surface area (TPSA) is 90.1 Å². The van der Waals surface area contributed by atoms with Crippen LogP contribution < -0.4 is 15.8 Å². The second-order valence-corrected chi connectivity index (χ2v) is 3.63. The predicted molar refractivity (Wildman–Crippen MR) is 67.3 cm³/mol. The molecule has 7 heteroatoms. The molecule has 98 valence electrons. The van der Waals surface area contributed by atoms with Crippen LogP contribution in [0, 0.1) is 5.82 Å². The van der Waals surface area contributed by atoms with Gasteiger partial charge in [-0.15, -0.1) is 0 Å². The molecule has 1 aromatic heterocycles. The Morgan fingerprint density at radius 3 is 2.79 bits per heavy atom. The summed E-state index contributed by atoms with van der Waals surface area (Å²) in [5, 5.41) is 2.55. The van der Waals surface area contributed by atoms with Gasteiger partial charge >= 0.3 is 0 Å². The highest BCUT2D eigenvalue weighted by atomic mass is 19.1. The van der Waals surface area contributed by atoms with E-state index in [1.54, 1.807) is 0 Å². The number of rotatable bonds is 3. The highest BCUT2D eigenvalue weighted by Gasteiger charge is 2.10. The molecule has 0 unspecified atom stereocenters. The second kappa shape index (κ2) is 5.30. The number of nitrogen functional groups attached to an aromatic ring is 1. The van der Waals surface area contributed by atoms with Crippen LogP contribution in [0.1, 0.15) is 10.5 Å². The molecule has 2 aromatic rings. The van der Waals surface area contributed by atoms with Crippen molar-refractivity contribution in [3.63, 3.8) is 0 Å². The zero-order valence-corrected chi connectivity index (χ0v) is 10.1. The van der Waals surface area contributed by atoms with Crippen molar-refractivity contribution in [1.82, 2.24) is 9.97 Å². The van der Waals surface area contributed by atoms with E-state index >= 15 is 0 Å². The number of nitrogens with two attached hydrogens (primary N) is 1. The average molecular weight is 262 g/mol. The van der Waals surface area contributed by atoms with Crippen molar-refractivity contribution in [2.45, 2.75) is 0 Å². The van der Waals surface area contributed by atoms with Gasteiger partial charge in [-0.05, 0) is 12.1 Å². The van der Waals surface area contributed by atoms with Crippen molar-refractivity contribution in [3.8, 4) is 5.75 Å². The number of benzene rings is 1. The summed E-state index contributed by atoms with van der Waals surface area (Å²) in [6.45, 7) is 0. The molecule has 0 aliphatic carbocycles. The summed E-state index contributed by atoms with van der Waals surface area (Å²) in [7, 11) is 1.34. The average Bonchev–Trinajstić information content (AvgIpc) is 2.41. The van der Waals surface area contributed by atoms with Gasteiger partial charge in [0.05, 0.1) is 19.5 Å². The first-order valence-corrected chi connectivity index (χ1v) is 5.32. The molecule has 2 rings (SSSR count). The van der Waals surface area contributed by atoms with Gasteiger partial charge in [-0.1, -0.05) is 0 Å². The quantitative estimate of drug-likeness (QED) is 0.873. The van der Waals surface area contributed by atoms with E-state index in [0.29, 0.717) is 5.69 Å². The lowest BCUT2D eigenvalue weighted by Crippen LogP contribution is -2.14. The van der Waals surface area contributed by atoms with Crippen molar-refractivity contribution >= 4 is 17.4 Å². The van der Waals surface area contributed by atoms with Gasteiger partial charge in [-0.2, -0.15) is 0 Å². The van der Waals surface area contributed by atoms with E-state index in [9.17, 15) is 9.18 Å². The van der Waals surface area contributed by atoms with Crippen LogP contribution >= 0.6 is 0 Å². The number of hydrogen-bond donors (Lipinski definition) is 2. The molecule has 19 heavy (non-hydrogen) atoms. The molecule has 0 radical (unpaired) electrons. The first kappa shape index (κ1) is 12.7. The van der Waals surface area contributed by atoms with Crippen molar-refractivity contribution in [2.75, 3.05) is 18.2 Å². The lowest BCUT2D eigenvalue weighted by Gasteiger charge is -2.07. The highest BCUT2D eigenvalue weighted by molar-refractivity contribution is 6.02. The molecule has 1 aromatic carbocycles. The third-order valence-electron chi connectivity index (χ3n) is 2.31. The Hall–Kier alpha value is -2.70. The van der Waals surface area contributed by atoms with Crippen LogP contribution in [0.25, 0.3) is 0 Å². The molecule has 0 spiro atoms. The number of carbonyl (C=O) groups excluding carboxylic acids is 1. The molecule has 0 aliphatic heterocycles. The Kier molecular flexibility index (Phi) is 3.56. The lowest BCUT2D eigenvalue weighted by atomic mass is 10.2. The van der Waals surface area contributed by atoms with Crippen LogP contribution in [0.5, 0.6) is 5.75 Å². The van der Waals surface area contributed by atoms with Gasteiger partial charge in [0.15, 0.2) is 11.6 Å². The van der Waals surface area contributed by atoms with Crippen LogP contribution in [-0.2, 0) is 0 Å². The van der Waals surface area contributed by atoms with Crippen LogP contribution in [0.15, 0.2) is 30.6 Å². The smallest absolute Gasteiger partial charge is 0.275 e. The van der Waals surface area contributed by atoms with E-state index in [1.165, 1.54) is 37.7 Å². The molecular formula is C12H11FN4O2. The maximum absolute atomic E-state index is 13.2. The van der Waals surface area contributed by atoms with E-state index in [-0.39, 0.29) is 17.3 Å². The monoisotopic (exact) mass is 262 g/mol. The fraction of sp³-hybridized carbons (Fsp3) is 0.0833. The summed E-state index contributed by atoms with van der Waals surface area (Å²) < 4.78 is 18.0. The van der Waals surface area contributed by atoms with E-state index < -0.39 is 11.7 Å². The third kappa shape index (κ3) is 2.95. The molecule has 0 saturated carbocycles. The maximum atomic E-state index is 13.2. The minimum absolute atomic E-state index is 0.0428. The minimum atomic E-state index is -0.507. The molecular weight excluding hydrogens is 251 g/mol. The van der Waals surface area contributed by atoms with Gasteiger partial charge in [-0.25, -0.2) is 14.4 Å². The Bertz CT molecular complexity index is 601. The summed E-state index contributed by atoms with van der Waals surface area (Å²) >= 11 is 0. The van der Waals surface area contributed by atoms with Gasteiger partial charge in [0, 0.05) is 11.8 Å². The van der Waals surface area contributed by atoms with Crippen LogP contribution in [0.3, 0.4) is 0 Å². The molecule has 3 N–H and O–H groups in total. The first-order chi connectivity index (χ1) is 9.10. The van der Waals surface area contributed by atoms with Gasteiger partial charge in [0.1, 0.15) is 11.5 Å². The summed E-state index contributed by atoms with van der Waals surface area (Å²) in [5.74, 6) is -0.713. The molecule has 0 bridgehead atoms. The number of anilines is 2. The fourth-order valence-electron chi connectivity index (χ4n) is 1.39. The van der Waals surface area contributed by atoms with Crippen LogP contribution in [0.2, 0.25) is 0 Å². The van der Waals surface area contributed by atoms with Crippen LogP contribution in [0.4, 0.5) is 15.9 Å². The SMILES string of the molecule is COc1cc(NC(=O)c2cnc(N)cn2)ccc1F. The number of hydrogen-bond acceptors (Lipinski definition) is 5. The Labute approximate surface area is 108 Å². The molecule has 0 saturated heterocycles. The van der Waals surface area contributed by atoms with E-state index in [2.05, 4.69) is 15.3 Å². The van der Waals surface area contributed by atoms with E-state index in [1.807, 2.05) is 0 Å². The van der Waals surface area contributed by atoms with Gasteiger partial charge < -0.3 is 15.8 Å². The number of nitrogens with one attached hydrogen (secondary N) is 1. The van der Waals surface area contributed by atoms with Gasteiger partial charge in [0.25, 0.3) is 5.91 Å². The van der Waals surface area contributed by atoms with Gasteiger partial charge in [0.2, 0.25) is 0 Å². The van der Waals surface area contributed by atoms with Crippen molar-refractivity contribution < 1.29 is 13.9 Å². The molecule has 6 nitrogen and oxygen atoms in total. The largest absolute Gasteiger partial charge is 0.494 e. The number of amides is 1. The second-order valence-electron chi connectivity index (χ2n) is 3.63. The van der Waals surface area contributed by atoms with Crippen molar-refractivity contribution in [1.29, 1.82) is 0 Å². The van der Waals surface area contributed by atoms with E-state index in [0.717, 1.165) is 0 Å². The standard InChI is InChI=1S/C12H11FN4O2/c1-19-10-4-7(2-3-8(10)13)17-12(18)9-5-16-11(14)6-15-9/h2-6H,1H3,(H2,14,16)(H,17,18). The number of aromatic nitrogens is 2. The van der Waals surface area contributed by atoms with E-state index in [4.69, 9.17) is 10.5 Å². The molecule has 0 atom stereocenters. The number of halogens is 1.